The Morgan fingerprint density at radius 3 is 2.95 bits per heavy atom. The summed E-state index contributed by atoms with van der Waals surface area (Å²) in [5.41, 5.74) is 3.32. The Morgan fingerprint density at radius 1 is 1.25 bits per heavy atom. The van der Waals surface area contributed by atoms with Gasteiger partial charge in [0.1, 0.15) is 5.82 Å². The molecule has 20 heavy (non-hydrogen) atoms. The minimum atomic E-state index is 0.0995. The predicted octanol–water partition coefficient (Wildman–Crippen LogP) is 3.34. The van der Waals surface area contributed by atoms with Crippen LogP contribution in [0.5, 0.6) is 0 Å². The second kappa shape index (κ2) is 5.63. The predicted molar refractivity (Wildman–Crippen MR) is 82.7 cm³/mol. The topological polar surface area (TPSA) is 54.0 Å². The monoisotopic (exact) mass is 331 g/mol. The number of anilines is 2. The van der Waals surface area contributed by atoms with E-state index in [9.17, 15) is 4.79 Å². The SMILES string of the molecule is O=C1CCc2cc(CNc3ccc(Br)cn3)ccc2N1. The maximum Gasteiger partial charge on any atom is 0.224 e. The average molecular weight is 332 g/mol. The van der Waals surface area contributed by atoms with Crippen LogP contribution in [-0.2, 0) is 17.8 Å². The van der Waals surface area contributed by atoms with Gasteiger partial charge in [-0.1, -0.05) is 12.1 Å². The summed E-state index contributed by atoms with van der Waals surface area (Å²) >= 11 is 3.36. The van der Waals surface area contributed by atoms with Crippen molar-refractivity contribution in [2.45, 2.75) is 19.4 Å². The number of fused-ring (bicyclic) bond motifs is 1. The molecule has 3 rings (SSSR count). The number of amides is 1. The van der Waals surface area contributed by atoms with Crippen molar-refractivity contribution in [3.05, 3.63) is 52.1 Å². The van der Waals surface area contributed by atoms with E-state index in [0.29, 0.717) is 6.42 Å². The Balaban J connectivity index is 1.69. The van der Waals surface area contributed by atoms with Crippen molar-refractivity contribution < 1.29 is 4.79 Å². The lowest BCUT2D eigenvalue weighted by atomic mass is 10.0. The molecule has 0 saturated heterocycles. The lowest BCUT2D eigenvalue weighted by Crippen LogP contribution is -2.19. The van der Waals surface area contributed by atoms with Crippen LogP contribution in [0.15, 0.2) is 41.0 Å². The zero-order valence-corrected chi connectivity index (χ0v) is 12.4. The highest BCUT2D eigenvalue weighted by molar-refractivity contribution is 9.10. The van der Waals surface area contributed by atoms with Crippen LogP contribution in [-0.4, -0.2) is 10.9 Å². The summed E-state index contributed by atoms with van der Waals surface area (Å²) in [7, 11) is 0. The summed E-state index contributed by atoms with van der Waals surface area (Å²) in [5.74, 6) is 0.946. The Kier molecular flexibility index (Phi) is 3.69. The fraction of sp³-hybridized carbons (Fsp3) is 0.200. The van der Waals surface area contributed by atoms with Crippen molar-refractivity contribution in [3.63, 3.8) is 0 Å². The number of carbonyl (C=O) groups excluding carboxylic acids is 1. The molecule has 2 heterocycles. The molecule has 0 aliphatic carbocycles. The lowest BCUT2D eigenvalue weighted by Gasteiger charge is -2.17. The number of aryl methyl sites for hydroxylation is 1. The highest BCUT2D eigenvalue weighted by Crippen LogP contribution is 2.23. The molecular formula is C15H14BrN3O. The molecule has 1 amide bonds. The minimum absolute atomic E-state index is 0.0995. The highest BCUT2D eigenvalue weighted by Gasteiger charge is 2.14. The summed E-state index contributed by atoms with van der Waals surface area (Å²) in [6.45, 7) is 0.718. The molecule has 0 fully saturated rings. The van der Waals surface area contributed by atoms with E-state index in [1.165, 1.54) is 11.1 Å². The molecule has 1 aliphatic rings. The maximum atomic E-state index is 11.3. The highest BCUT2D eigenvalue weighted by atomic mass is 79.9. The number of nitrogens with one attached hydrogen (secondary N) is 2. The minimum Gasteiger partial charge on any atom is -0.366 e. The van der Waals surface area contributed by atoms with E-state index in [4.69, 9.17) is 0 Å². The number of rotatable bonds is 3. The third-order valence-corrected chi connectivity index (χ3v) is 3.74. The van der Waals surface area contributed by atoms with Crippen molar-refractivity contribution in [2.24, 2.45) is 0 Å². The molecule has 0 radical (unpaired) electrons. The first-order valence-electron chi connectivity index (χ1n) is 6.48. The first kappa shape index (κ1) is 13.1. The van der Waals surface area contributed by atoms with Gasteiger partial charge in [-0.3, -0.25) is 4.79 Å². The molecular weight excluding hydrogens is 318 g/mol. The molecule has 0 spiro atoms. The fourth-order valence-corrected chi connectivity index (χ4v) is 2.45. The van der Waals surface area contributed by atoms with E-state index in [2.05, 4.69) is 37.6 Å². The van der Waals surface area contributed by atoms with Crippen LogP contribution in [0.3, 0.4) is 0 Å². The molecule has 4 nitrogen and oxygen atoms in total. The van der Waals surface area contributed by atoms with E-state index in [0.717, 1.165) is 28.9 Å². The fourth-order valence-electron chi connectivity index (χ4n) is 2.22. The van der Waals surface area contributed by atoms with Crippen molar-refractivity contribution in [1.82, 2.24) is 4.98 Å². The zero-order chi connectivity index (χ0) is 13.9. The molecule has 0 unspecified atom stereocenters. The third-order valence-electron chi connectivity index (χ3n) is 3.27. The molecule has 2 N–H and O–H groups in total. The Morgan fingerprint density at radius 2 is 2.15 bits per heavy atom. The van der Waals surface area contributed by atoms with Crippen molar-refractivity contribution in [2.75, 3.05) is 10.6 Å². The third kappa shape index (κ3) is 2.99. The number of hydrogen-bond acceptors (Lipinski definition) is 3. The molecule has 2 aromatic rings. The van der Waals surface area contributed by atoms with Gasteiger partial charge in [-0.2, -0.15) is 0 Å². The summed E-state index contributed by atoms with van der Waals surface area (Å²) < 4.78 is 0.965. The standard InChI is InChI=1S/C15H14BrN3O/c16-12-3-5-14(18-9-12)17-8-10-1-4-13-11(7-10)2-6-15(20)19-13/h1,3-5,7,9H,2,6,8H2,(H,17,18)(H,19,20). The van der Waals surface area contributed by atoms with Gasteiger partial charge in [0, 0.05) is 29.3 Å². The average Bonchev–Trinajstić information content (AvgIpc) is 2.46. The van der Waals surface area contributed by atoms with Crippen molar-refractivity contribution in [3.8, 4) is 0 Å². The number of halogens is 1. The van der Waals surface area contributed by atoms with Crippen molar-refractivity contribution in [1.29, 1.82) is 0 Å². The number of aromatic nitrogens is 1. The Bertz CT molecular complexity index is 640. The Labute approximate surface area is 125 Å². The maximum absolute atomic E-state index is 11.3. The van der Waals surface area contributed by atoms with Crippen molar-refractivity contribution >= 4 is 33.3 Å². The first-order chi connectivity index (χ1) is 9.70. The van der Waals surface area contributed by atoms with Crippen LogP contribution >= 0.6 is 15.9 Å². The lowest BCUT2D eigenvalue weighted by molar-refractivity contribution is -0.116. The number of hydrogen-bond donors (Lipinski definition) is 2. The van der Waals surface area contributed by atoms with Gasteiger partial charge in [0.25, 0.3) is 0 Å². The van der Waals surface area contributed by atoms with E-state index >= 15 is 0 Å². The molecule has 0 saturated carbocycles. The van der Waals surface area contributed by atoms with Gasteiger partial charge >= 0.3 is 0 Å². The van der Waals surface area contributed by atoms with Crippen LogP contribution in [0.4, 0.5) is 11.5 Å². The van der Waals surface area contributed by atoms with Crippen LogP contribution in [0, 0.1) is 0 Å². The van der Waals surface area contributed by atoms with Gasteiger partial charge in [-0.25, -0.2) is 4.98 Å². The number of pyridine rings is 1. The van der Waals surface area contributed by atoms with E-state index in [-0.39, 0.29) is 5.91 Å². The summed E-state index contributed by atoms with van der Waals surface area (Å²) in [6, 6.07) is 10.0. The summed E-state index contributed by atoms with van der Waals surface area (Å²) in [5, 5.41) is 6.17. The molecule has 1 aromatic heterocycles. The number of carbonyl (C=O) groups is 1. The largest absolute Gasteiger partial charge is 0.366 e. The van der Waals surface area contributed by atoms with Gasteiger partial charge in [-0.05, 0) is 51.7 Å². The van der Waals surface area contributed by atoms with Crippen LogP contribution in [0.2, 0.25) is 0 Å². The molecule has 102 valence electrons. The van der Waals surface area contributed by atoms with Crippen LogP contribution in [0.25, 0.3) is 0 Å². The van der Waals surface area contributed by atoms with Crippen LogP contribution in [0.1, 0.15) is 17.5 Å². The molecule has 0 bridgehead atoms. The summed E-state index contributed by atoms with van der Waals surface area (Å²) in [6.07, 6.45) is 3.15. The summed E-state index contributed by atoms with van der Waals surface area (Å²) in [4.78, 5) is 15.6. The van der Waals surface area contributed by atoms with Gasteiger partial charge in [0.15, 0.2) is 0 Å². The molecule has 5 heteroatoms. The van der Waals surface area contributed by atoms with Gasteiger partial charge in [-0.15, -0.1) is 0 Å². The zero-order valence-electron chi connectivity index (χ0n) is 10.8. The normalized spacial score (nSPS) is 13.6. The number of nitrogens with zero attached hydrogens (tertiary/aromatic N) is 1. The second-order valence-corrected chi connectivity index (χ2v) is 5.67. The van der Waals surface area contributed by atoms with E-state index in [1.807, 2.05) is 24.3 Å². The van der Waals surface area contributed by atoms with E-state index < -0.39 is 0 Å². The Hall–Kier alpha value is -1.88. The molecule has 1 aliphatic heterocycles. The molecule has 0 atom stereocenters. The van der Waals surface area contributed by atoms with Crippen LogP contribution < -0.4 is 10.6 Å². The first-order valence-corrected chi connectivity index (χ1v) is 7.27. The molecule has 1 aromatic carbocycles. The second-order valence-electron chi connectivity index (χ2n) is 4.75. The number of benzene rings is 1. The quantitative estimate of drug-likeness (QED) is 0.906. The van der Waals surface area contributed by atoms with Gasteiger partial charge in [0.2, 0.25) is 5.91 Å². The van der Waals surface area contributed by atoms with Gasteiger partial charge < -0.3 is 10.6 Å². The van der Waals surface area contributed by atoms with E-state index in [1.54, 1.807) is 6.20 Å². The smallest absolute Gasteiger partial charge is 0.224 e. The van der Waals surface area contributed by atoms with Gasteiger partial charge in [0.05, 0.1) is 0 Å².